The first-order chi connectivity index (χ1) is 15.4. The summed E-state index contributed by atoms with van der Waals surface area (Å²) in [5.41, 5.74) is -2.31. The number of nitrogens with zero attached hydrogens (tertiary/aromatic N) is 2. The molecule has 184 valence electrons. The fraction of sp³-hybridized carbons (Fsp3) is 0.667. The second-order valence-electron chi connectivity index (χ2n) is 8.28. The number of alkyl halides is 3. The van der Waals surface area contributed by atoms with Gasteiger partial charge in [0.15, 0.2) is 0 Å². The first kappa shape index (κ1) is 26.5. The average Bonchev–Trinajstić information content (AvgIpc) is 3.24. The summed E-state index contributed by atoms with van der Waals surface area (Å²) in [5, 5.41) is 2.26. The van der Waals surface area contributed by atoms with Crippen LogP contribution in [0.1, 0.15) is 52.4 Å². The van der Waals surface area contributed by atoms with Crippen molar-refractivity contribution in [2.45, 2.75) is 70.3 Å². The minimum Gasteiger partial charge on any atom is -0.466 e. The lowest BCUT2D eigenvalue weighted by Gasteiger charge is -2.44. The van der Waals surface area contributed by atoms with E-state index in [4.69, 9.17) is 4.74 Å². The Balaban J connectivity index is 2.15. The minimum atomic E-state index is -4.79. The van der Waals surface area contributed by atoms with Crippen molar-refractivity contribution in [2.24, 2.45) is 5.92 Å². The number of halogens is 3. The van der Waals surface area contributed by atoms with Crippen molar-refractivity contribution in [3.05, 3.63) is 12.2 Å². The monoisotopic (exact) mass is 475 g/mol. The van der Waals surface area contributed by atoms with Gasteiger partial charge in [-0.2, -0.15) is 13.2 Å². The topological polar surface area (TPSA) is 113 Å². The number of rotatable bonds is 11. The quantitative estimate of drug-likeness (QED) is 0.275. The predicted molar refractivity (Wildman–Crippen MR) is 108 cm³/mol. The van der Waals surface area contributed by atoms with Crippen LogP contribution in [-0.2, 0) is 28.7 Å². The maximum atomic E-state index is 13.9. The van der Waals surface area contributed by atoms with Gasteiger partial charge in [-0.15, -0.1) is 0 Å². The van der Waals surface area contributed by atoms with E-state index in [0.717, 1.165) is 24.2 Å². The molecule has 2 heterocycles. The van der Waals surface area contributed by atoms with Crippen LogP contribution in [0.3, 0.4) is 0 Å². The Bertz CT molecular complexity index is 808. The highest BCUT2D eigenvalue weighted by Gasteiger charge is 2.58. The molecule has 0 aromatic rings. The van der Waals surface area contributed by atoms with Gasteiger partial charge >= 0.3 is 12.1 Å². The van der Waals surface area contributed by atoms with E-state index >= 15 is 0 Å². The number of carbonyl (C=O) groups is 5. The molecule has 0 aliphatic carbocycles. The van der Waals surface area contributed by atoms with E-state index in [1.165, 1.54) is 13.8 Å². The largest absolute Gasteiger partial charge is 0.466 e. The van der Waals surface area contributed by atoms with Gasteiger partial charge in [0.2, 0.25) is 17.5 Å². The molecule has 12 heteroatoms. The summed E-state index contributed by atoms with van der Waals surface area (Å²) >= 11 is 0. The zero-order valence-electron chi connectivity index (χ0n) is 18.7. The molecule has 0 radical (unpaired) electrons. The Morgan fingerprint density at radius 1 is 1.03 bits per heavy atom. The second-order valence-corrected chi connectivity index (χ2v) is 8.28. The van der Waals surface area contributed by atoms with Crippen molar-refractivity contribution in [2.75, 3.05) is 13.7 Å². The molecule has 2 atom stereocenters. The van der Waals surface area contributed by atoms with Gasteiger partial charge in [-0.25, -0.2) is 4.79 Å². The lowest BCUT2D eigenvalue weighted by atomic mass is 9.91. The molecule has 1 saturated heterocycles. The van der Waals surface area contributed by atoms with Gasteiger partial charge in [0, 0.05) is 37.5 Å². The summed E-state index contributed by atoms with van der Waals surface area (Å²) in [4.78, 5) is 62.1. The van der Waals surface area contributed by atoms with Crippen LogP contribution in [-0.4, -0.2) is 70.9 Å². The van der Waals surface area contributed by atoms with Crippen LogP contribution in [0.5, 0.6) is 0 Å². The van der Waals surface area contributed by atoms with Crippen molar-refractivity contribution in [1.82, 2.24) is 15.1 Å². The molecule has 1 unspecified atom stereocenters. The number of amides is 4. The summed E-state index contributed by atoms with van der Waals surface area (Å²) in [5.74, 6) is -4.50. The van der Waals surface area contributed by atoms with Crippen LogP contribution in [0.2, 0.25) is 0 Å². The zero-order valence-corrected chi connectivity index (χ0v) is 18.7. The van der Waals surface area contributed by atoms with Crippen LogP contribution in [0.25, 0.3) is 0 Å². The SMILES string of the molecule is COC(=O)[C@](NC(CCCCCN1C(=O)C=CC1=O)C(F)(F)F)(C(C)C)N1C(=O)CCC1=O. The average molecular weight is 475 g/mol. The highest BCUT2D eigenvalue weighted by Crippen LogP contribution is 2.34. The van der Waals surface area contributed by atoms with Gasteiger partial charge in [0.1, 0.15) is 6.04 Å². The number of imide groups is 2. The molecule has 0 aromatic carbocycles. The van der Waals surface area contributed by atoms with Gasteiger partial charge in [0.05, 0.1) is 7.11 Å². The maximum absolute atomic E-state index is 13.9. The zero-order chi connectivity index (χ0) is 25.0. The summed E-state index contributed by atoms with van der Waals surface area (Å²) < 4.78 is 46.5. The normalized spacial score (nSPS) is 19.6. The lowest BCUT2D eigenvalue weighted by Crippen LogP contribution is -2.72. The first-order valence-electron chi connectivity index (χ1n) is 10.7. The molecule has 9 nitrogen and oxygen atoms in total. The molecule has 0 spiro atoms. The predicted octanol–water partition coefficient (Wildman–Crippen LogP) is 1.67. The smallest absolute Gasteiger partial charge is 0.403 e. The third-order valence-electron chi connectivity index (χ3n) is 5.80. The van der Waals surface area contributed by atoms with E-state index < -0.39 is 59.8 Å². The number of ether oxygens (including phenoxy) is 1. The molecule has 2 aliphatic rings. The summed E-state index contributed by atoms with van der Waals surface area (Å²) in [7, 11) is 0.977. The number of carbonyl (C=O) groups excluding carboxylic acids is 5. The molecular weight excluding hydrogens is 447 g/mol. The van der Waals surface area contributed by atoms with Crippen LogP contribution in [0.15, 0.2) is 12.2 Å². The molecule has 0 saturated carbocycles. The van der Waals surface area contributed by atoms with Gasteiger partial charge in [-0.1, -0.05) is 26.7 Å². The third kappa shape index (κ3) is 5.60. The van der Waals surface area contributed by atoms with Gasteiger partial charge in [0.25, 0.3) is 11.8 Å². The number of likely N-dealkylation sites (tertiary alicyclic amines) is 1. The van der Waals surface area contributed by atoms with Crippen LogP contribution >= 0.6 is 0 Å². The van der Waals surface area contributed by atoms with Crippen molar-refractivity contribution < 1.29 is 41.9 Å². The highest BCUT2D eigenvalue weighted by atomic mass is 19.4. The standard InChI is InChI=1S/C21H28F3N3O6/c1-13(2)20(19(32)33-3,27-17(30)10-11-18(27)31)25-14(21(22,23)24)7-5-4-6-12-26-15(28)8-9-16(26)29/h8-9,13-14,25H,4-7,10-12H2,1-3H3/t14?,20-/m0/s1. The van der Waals surface area contributed by atoms with E-state index in [9.17, 15) is 37.1 Å². The fourth-order valence-corrected chi connectivity index (χ4v) is 4.03. The summed E-state index contributed by atoms with van der Waals surface area (Å²) in [6.45, 7) is 2.94. The van der Waals surface area contributed by atoms with Crippen molar-refractivity contribution in [1.29, 1.82) is 0 Å². The molecule has 4 amide bonds. The Labute approximate surface area is 189 Å². The first-order valence-corrected chi connectivity index (χ1v) is 10.7. The summed E-state index contributed by atoms with van der Waals surface area (Å²) in [6.07, 6.45) is -2.75. The fourth-order valence-electron chi connectivity index (χ4n) is 4.03. The Kier molecular flexibility index (Phi) is 8.39. The molecule has 33 heavy (non-hydrogen) atoms. The van der Waals surface area contributed by atoms with Crippen LogP contribution in [0, 0.1) is 5.92 Å². The number of hydrogen-bond donors (Lipinski definition) is 1. The second kappa shape index (κ2) is 10.4. The number of unbranched alkanes of at least 4 members (excludes halogenated alkanes) is 2. The van der Waals surface area contributed by atoms with E-state index in [0.29, 0.717) is 11.3 Å². The molecule has 1 fully saturated rings. The Hall–Kier alpha value is -2.76. The van der Waals surface area contributed by atoms with Crippen molar-refractivity contribution in [3.63, 3.8) is 0 Å². The molecule has 1 N–H and O–H groups in total. The van der Waals surface area contributed by atoms with Crippen molar-refractivity contribution >= 4 is 29.6 Å². The number of methoxy groups -OCH3 is 1. The molecular formula is C21H28F3N3O6. The van der Waals surface area contributed by atoms with Crippen LogP contribution in [0.4, 0.5) is 13.2 Å². The van der Waals surface area contributed by atoms with E-state index in [-0.39, 0.29) is 32.2 Å². The molecule has 2 aliphatic heterocycles. The number of nitrogens with one attached hydrogen (secondary N) is 1. The summed E-state index contributed by atoms with van der Waals surface area (Å²) in [6, 6.07) is -2.21. The number of hydrogen-bond acceptors (Lipinski definition) is 7. The Morgan fingerprint density at radius 2 is 1.58 bits per heavy atom. The van der Waals surface area contributed by atoms with E-state index in [1.54, 1.807) is 0 Å². The lowest BCUT2D eigenvalue weighted by molar-refractivity contribution is -0.189. The van der Waals surface area contributed by atoms with Crippen LogP contribution < -0.4 is 5.32 Å². The van der Waals surface area contributed by atoms with Crippen molar-refractivity contribution in [3.8, 4) is 0 Å². The third-order valence-corrected chi connectivity index (χ3v) is 5.80. The van der Waals surface area contributed by atoms with E-state index in [1.807, 2.05) is 0 Å². The molecule has 0 bridgehead atoms. The van der Waals surface area contributed by atoms with E-state index in [2.05, 4.69) is 5.32 Å². The Morgan fingerprint density at radius 3 is 2.03 bits per heavy atom. The van der Waals surface area contributed by atoms with Gasteiger partial charge in [-0.05, 0) is 12.8 Å². The molecule has 2 rings (SSSR count). The van der Waals surface area contributed by atoms with Gasteiger partial charge < -0.3 is 4.74 Å². The maximum Gasteiger partial charge on any atom is 0.403 e. The molecule has 0 aromatic heterocycles. The van der Waals surface area contributed by atoms with Gasteiger partial charge in [-0.3, -0.25) is 34.3 Å². The highest BCUT2D eigenvalue weighted by molar-refractivity contribution is 6.12. The number of esters is 1. The minimum absolute atomic E-state index is 0.0536.